The Morgan fingerprint density at radius 3 is 1.05 bits per heavy atom. The molecular formula is C36H77NO4S. The molecule has 0 fully saturated rings. The Hall–Kier alpha value is -0.170. The molecule has 0 heterocycles. The van der Waals surface area contributed by atoms with Crippen molar-refractivity contribution in [3.8, 4) is 0 Å². The van der Waals surface area contributed by atoms with Crippen LogP contribution in [0.5, 0.6) is 0 Å². The lowest BCUT2D eigenvalue weighted by Crippen LogP contribution is -2.39. The molecule has 0 aliphatic carbocycles. The minimum Gasteiger partial charge on any atom is -0.344 e. The van der Waals surface area contributed by atoms with Gasteiger partial charge in [-0.15, -0.1) is 0 Å². The van der Waals surface area contributed by atoms with Crippen LogP contribution in [0.4, 0.5) is 0 Å². The van der Waals surface area contributed by atoms with Crippen molar-refractivity contribution in [2.24, 2.45) is 5.41 Å². The van der Waals surface area contributed by atoms with Crippen LogP contribution in [0.1, 0.15) is 220 Å². The Labute approximate surface area is 265 Å². The fourth-order valence-electron chi connectivity index (χ4n) is 6.70. The molecule has 2 unspecified atom stereocenters. The summed E-state index contributed by atoms with van der Waals surface area (Å²) in [5, 5.41) is 0. The van der Waals surface area contributed by atoms with E-state index in [1.54, 1.807) is 0 Å². The summed E-state index contributed by atoms with van der Waals surface area (Å²) in [5.41, 5.74) is -0.155. The summed E-state index contributed by atoms with van der Waals surface area (Å²) in [4.78, 5) is 0. The molecule has 256 valence electrons. The third kappa shape index (κ3) is 26.3. The molecule has 0 aromatic heterocycles. The van der Waals surface area contributed by atoms with E-state index in [4.69, 9.17) is 4.18 Å². The molecular weight excluding hydrogens is 542 g/mol. The van der Waals surface area contributed by atoms with Gasteiger partial charge in [0.25, 0.3) is 0 Å². The van der Waals surface area contributed by atoms with Crippen molar-refractivity contribution in [1.29, 1.82) is 0 Å². The first-order valence-electron chi connectivity index (χ1n) is 18.5. The predicted octanol–water partition coefficient (Wildman–Crippen LogP) is 13.1. The van der Waals surface area contributed by atoms with Gasteiger partial charge in [0.1, 0.15) is 0 Å². The maximum atomic E-state index is 12.2. The maximum Gasteiger partial charge on any atom is 0.397 e. The van der Waals surface area contributed by atoms with Gasteiger partial charge in [0.2, 0.25) is 0 Å². The molecule has 4 N–H and O–H groups in total. The minimum absolute atomic E-state index is 0. The lowest BCUT2D eigenvalue weighted by atomic mass is 9.68. The quantitative estimate of drug-likeness (QED) is 0.0562. The molecule has 5 nitrogen and oxygen atoms in total. The largest absolute Gasteiger partial charge is 0.397 e. The molecule has 0 aliphatic rings. The van der Waals surface area contributed by atoms with E-state index in [1.807, 2.05) is 0 Å². The van der Waals surface area contributed by atoms with E-state index in [1.165, 1.54) is 135 Å². The van der Waals surface area contributed by atoms with Gasteiger partial charge in [-0.2, -0.15) is 8.42 Å². The Morgan fingerprint density at radius 2 is 0.738 bits per heavy atom. The zero-order chi connectivity index (χ0) is 30.5. The summed E-state index contributed by atoms with van der Waals surface area (Å²) in [5.74, 6) is 0. The highest BCUT2D eigenvalue weighted by molar-refractivity contribution is 7.80. The van der Waals surface area contributed by atoms with Crippen LogP contribution in [0.2, 0.25) is 0 Å². The van der Waals surface area contributed by atoms with Crippen molar-refractivity contribution in [2.75, 3.05) is 0 Å². The van der Waals surface area contributed by atoms with Crippen LogP contribution >= 0.6 is 0 Å². The maximum absolute atomic E-state index is 12.2. The molecule has 0 rings (SSSR count). The standard InChI is InChI=1S/C36H74O4S.H3N/c1-5-9-13-17-20-22-24-27-31-35(40-41(37,38)39)36(32-28-16-12-8-4,33-29-25-19-15-11-7-3)34-30-26-23-21-18-14-10-6-2;/h35H,5-34H2,1-4H3,(H,37,38,39);1H3. The monoisotopic (exact) mass is 620 g/mol. The second-order valence-corrected chi connectivity index (χ2v) is 14.2. The summed E-state index contributed by atoms with van der Waals surface area (Å²) in [6, 6.07) is 0. The summed E-state index contributed by atoms with van der Waals surface area (Å²) >= 11 is 0. The van der Waals surface area contributed by atoms with Gasteiger partial charge in [0, 0.05) is 0 Å². The second kappa shape index (κ2) is 30.8. The van der Waals surface area contributed by atoms with Crippen LogP contribution in [-0.2, 0) is 14.6 Å². The average Bonchev–Trinajstić information content (AvgIpc) is 2.94. The van der Waals surface area contributed by atoms with Crippen LogP contribution in [-0.4, -0.2) is 19.1 Å². The number of unbranched alkanes of at least 4 members (excludes halogenated alkanes) is 22. The molecule has 0 bridgehead atoms. The molecule has 42 heavy (non-hydrogen) atoms. The van der Waals surface area contributed by atoms with Gasteiger partial charge in [0.15, 0.2) is 0 Å². The van der Waals surface area contributed by atoms with Gasteiger partial charge in [-0.1, -0.05) is 195 Å². The Balaban J connectivity index is 0. The highest BCUT2D eigenvalue weighted by atomic mass is 32.3. The molecule has 2 atom stereocenters. The lowest BCUT2D eigenvalue weighted by Gasteiger charge is -2.41. The van der Waals surface area contributed by atoms with Gasteiger partial charge < -0.3 is 6.15 Å². The third-order valence-corrected chi connectivity index (χ3v) is 9.80. The van der Waals surface area contributed by atoms with Crippen molar-refractivity contribution >= 4 is 10.4 Å². The molecule has 0 radical (unpaired) electrons. The van der Waals surface area contributed by atoms with Crippen LogP contribution in [0.3, 0.4) is 0 Å². The van der Waals surface area contributed by atoms with E-state index in [2.05, 4.69) is 27.7 Å². The topological polar surface area (TPSA) is 98.6 Å². The van der Waals surface area contributed by atoms with Crippen LogP contribution in [0.25, 0.3) is 0 Å². The van der Waals surface area contributed by atoms with Crippen LogP contribution in [0, 0.1) is 5.41 Å². The van der Waals surface area contributed by atoms with Crippen molar-refractivity contribution in [2.45, 2.75) is 226 Å². The molecule has 0 aliphatic heterocycles. The van der Waals surface area contributed by atoms with Crippen molar-refractivity contribution in [3.63, 3.8) is 0 Å². The molecule has 0 saturated carbocycles. The summed E-state index contributed by atoms with van der Waals surface area (Å²) in [6.45, 7) is 9.02. The number of hydrogen-bond acceptors (Lipinski definition) is 4. The zero-order valence-electron chi connectivity index (χ0n) is 29.1. The lowest BCUT2D eigenvalue weighted by molar-refractivity contribution is 0.00650. The van der Waals surface area contributed by atoms with Gasteiger partial charge in [-0.3, -0.25) is 4.55 Å². The first kappa shape index (κ1) is 44.0. The molecule has 0 saturated heterocycles. The van der Waals surface area contributed by atoms with E-state index in [-0.39, 0.29) is 11.6 Å². The minimum atomic E-state index is -4.49. The van der Waals surface area contributed by atoms with E-state index < -0.39 is 16.5 Å². The van der Waals surface area contributed by atoms with E-state index in [0.717, 1.165) is 57.8 Å². The Morgan fingerprint density at radius 1 is 0.476 bits per heavy atom. The number of hydrogen-bond donors (Lipinski definition) is 2. The fraction of sp³-hybridized carbons (Fsp3) is 1.00. The molecule has 0 spiro atoms. The van der Waals surface area contributed by atoms with Gasteiger partial charge in [0.05, 0.1) is 6.10 Å². The fourth-order valence-corrected chi connectivity index (χ4v) is 7.29. The summed E-state index contributed by atoms with van der Waals surface area (Å²) in [6.07, 6.45) is 35.7. The third-order valence-electron chi connectivity index (χ3n) is 9.33. The van der Waals surface area contributed by atoms with Crippen LogP contribution in [0.15, 0.2) is 0 Å². The predicted molar refractivity (Wildman–Crippen MR) is 185 cm³/mol. The van der Waals surface area contributed by atoms with Gasteiger partial charge in [-0.25, -0.2) is 4.18 Å². The van der Waals surface area contributed by atoms with E-state index in [9.17, 15) is 13.0 Å². The normalized spacial score (nSPS) is 14.0. The highest BCUT2D eigenvalue weighted by Crippen LogP contribution is 2.44. The van der Waals surface area contributed by atoms with Gasteiger partial charge in [-0.05, 0) is 31.1 Å². The van der Waals surface area contributed by atoms with Crippen molar-refractivity contribution < 1.29 is 17.2 Å². The molecule has 0 aromatic rings. The van der Waals surface area contributed by atoms with E-state index in [0.29, 0.717) is 0 Å². The van der Waals surface area contributed by atoms with Crippen LogP contribution < -0.4 is 6.15 Å². The SMILES string of the molecule is CCCCCCCCCCC(OS(=O)(=O)O)C(CCCCCC)(CCCCCCCC)CCCCCCCCCC.N. The average molecular weight is 620 g/mol. The number of rotatable bonds is 33. The highest BCUT2D eigenvalue weighted by Gasteiger charge is 2.40. The van der Waals surface area contributed by atoms with Crippen molar-refractivity contribution in [1.82, 2.24) is 6.15 Å². The van der Waals surface area contributed by atoms with Gasteiger partial charge >= 0.3 is 10.4 Å². The Kier molecular flexibility index (Phi) is 32.3. The first-order valence-corrected chi connectivity index (χ1v) is 19.9. The van der Waals surface area contributed by atoms with Crippen molar-refractivity contribution in [3.05, 3.63) is 0 Å². The smallest absolute Gasteiger partial charge is 0.344 e. The zero-order valence-corrected chi connectivity index (χ0v) is 29.9. The summed E-state index contributed by atoms with van der Waals surface area (Å²) in [7, 11) is -4.49. The molecule has 6 heteroatoms. The first-order chi connectivity index (χ1) is 19.8. The Bertz CT molecular complexity index is 642. The summed E-state index contributed by atoms with van der Waals surface area (Å²) < 4.78 is 39.9. The van der Waals surface area contributed by atoms with E-state index >= 15 is 0 Å². The molecule has 0 amide bonds. The second-order valence-electron chi connectivity index (χ2n) is 13.2. The molecule has 0 aromatic carbocycles.